The molecule has 0 bridgehead atoms. The van der Waals surface area contributed by atoms with Crippen LogP contribution < -0.4 is 14.4 Å². The topological polar surface area (TPSA) is 96.0 Å². The molecule has 196 valence electrons. The average molecular weight is 589 g/mol. The van der Waals surface area contributed by atoms with Crippen LogP contribution in [0.15, 0.2) is 83.3 Å². The minimum absolute atomic E-state index is 0.118. The van der Waals surface area contributed by atoms with Gasteiger partial charge in [0.1, 0.15) is 18.3 Å². The number of nitrogens with zero attached hydrogens (tertiary/aromatic N) is 2. The number of hydrogen-bond acceptors (Lipinski definition) is 5. The van der Waals surface area contributed by atoms with Crippen LogP contribution in [-0.4, -0.2) is 58.1 Å². The van der Waals surface area contributed by atoms with Crippen LogP contribution in [0.2, 0.25) is 0 Å². The fraction of sp³-hybridized carbons (Fsp3) is 0.259. The number of anilines is 1. The number of carbonyl (C=O) groups is 2. The highest BCUT2D eigenvalue weighted by Gasteiger charge is 2.32. The lowest BCUT2D eigenvalue weighted by Gasteiger charge is -2.33. The van der Waals surface area contributed by atoms with Crippen molar-refractivity contribution in [3.63, 3.8) is 0 Å². The largest absolute Gasteiger partial charge is 0.497 e. The van der Waals surface area contributed by atoms with E-state index in [1.807, 2.05) is 54.6 Å². The van der Waals surface area contributed by atoms with Crippen molar-refractivity contribution >= 4 is 43.5 Å². The Morgan fingerprint density at radius 3 is 2.24 bits per heavy atom. The zero-order valence-corrected chi connectivity index (χ0v) is 23.3. The van der Waals surface area contributed by atoms with Gasteiger partial charge in [0.15, 0.2) is 0 Å². The molecule has 3 aromatic rings. The van der Waals surface area contributed by atoms with Gasteiger partial charge in [-0.15, -0.1) is 0 Å². The molecular formula is C27H30BrN3O5S. The number of carbonyl (C=O) groups excluding carboxylic acids is 2. The molecule has 10 heteroatoms. The van der Waals surface area contributed by atoms with Crippen LogP contribution in [0.5, 0.6) is 5.75 Å². The molecule has 0 unspecified atom stereocenters. The van der Waals surface area contributed by atoms with Crippen LogP contribution >= 0.6 is 15.9 Å². The standard InChI is InChI=1S/C27H30BrN3O5S/c1-29-27(33)25(16-20-8-5-4-6-9-20)30(18-21-12-14-22(28)15-13-21)26(32)19-31(37(3,34)35)23-10-7-11-24(17-23)36-2/h4-15,17,25H,16,18-19H2,1-3H3,(H,29,33)/t25-/m0/s1. The zero-order chi connectivity index (χ0) is 27.0. The van der Waals surface area contributed by atoms with Crippen molar-refractivity contribution in [2.75, 3.05) is 31.3 Å². The molecule has 0 saturated heterocycles. The number of benzene rings is 3. The summed E-state index contributed by atoms with van der Waals surface area (Å²) in [5, 5.41) is 2.66. The molecule has 0 aliphatic heterocycles. The molecule has 0 aliphatic carbocycles. The molecule has 2 amide bonds. The lowest BCUT2D eigenvalue weighted by Crippen LogP contribution is -2.52. The van der Waals surface area contributed by atoms with Crippen LogP contribution in [0.4, 0.5) is 5.69 Å². The summed E-state index contributed by atoms with van der Waals surface area (Å²) in [7, 11) is -0.843. The third kappa shape index (κ3) is 7.80. The zero-order valence-electron chi connectivity index (χ0n) is 20.9. The van der Waals surface area contributed by atoms with Crippen molar-refractivity contribution in [2.45, 2.75) is 19.0 Å². The van der Waals surface area contributed by atoms with Crippen LogP contribution in [-0.2, 0) is 32.6 Å². The van der Waals surface area contributed by atoms with E-state index in [4.69, 9.17) is 4.74 Å². The molecule has 3 aromatic carbocycles. The van der Waals surface area contributed by atoms with E-state index in [-0.39, 0.29) is 18.9 Å². The van der Waals surface area contributed by atoms with Crippen LogP contribution in [0.1, 0.15) is 11.1 Å². The first-order valence-corrected chi connectivity index (χ1v) is 14.2. The Kier molecular flexibility index (Phi) is 9.71. The summed E-state index contributed by atoms with van der Waals surface area (Å²) in [6, 6.07) is 22.4. The Morgan fingerprint density at radius 2 is 1.65 bits per heavy atom. The maximum Gasteiger partial charge on any atom is 0.244 e. The van der Waals surface area contributed by atoms with Crippen molar-refractivity contribution in [2.24, 2.45) is 0 Å². The Hall–Kier alpha value is -3.37. The number of hydrogen-bond donors (Lipinski definition) is 1. The number of amides is 2. The second-order valence-corrected chi connectivity index (χ2v) is 11.3. The van der Waals surface area contributed by atoms with Crippen molar-refractivity contribution < 1.29 is 22.7 Å². The van der Waals surface area contributed by atoms with E-state index in [2.05, 4.69) is 21.2 Å². The molecule has 0 spiro atoms. The normalized spacial score (nSPS) is 11.9. The highest BCUT2D eigenvalue weighted by atomic mass is 79.9. The maximum atomic E-state index is 13.9. The monoisotopic (exact) mass is 587 g/mol. The van der Waals surface area contributed by atoms with Crippen molar-refractivity contribution in [1.82, 2.24) is 10.2 Å². The molecule has 1 N–H and O–H groups in total. The summed E-state index contributed by atoms with van der Waals surface area (Å²) in [5.41, 5.74) is 1.96. The van der Waals surface area contributed by atoms with Crippen LogP contribution in [0.25, 0.3) is 0 Å². The smallest absolute Gasteiger partial charge is 0.244 e. The number of ether oxygens (including phenoxy) is 1. The number of halogens is 1. The summed E-state index contributed by atoms with van der Waals surface area (Å²) in [5.74, 6) is -0.403. The molecule has 8 nitrogen and oxygen atoms in total. The molecule has 37 heavy (non-hydrogen) atoms. The molecule has 0 heterocycles. The van der Waals surface area contributed by atoms with Crippen LogP contribution in [0.3, 0.4) is 0 Å². The molecule has 0 radical (unpaired) electrons. The minimum Gasteiger partial charge on any atom is -0.497 e. The summed E-state index contributed by atoms with van der Waals surface area (Å²) in [6.45, 7) is -0.364. The van der Waals surface area contributed by atoms with Gasteiger partial charge in [0.2, 0.25) is 21.8 Å². The Bertz CT molecular complexity index is 1320. The number of sulfonamides is 1. The fourth-order valence-corrected chi connectivity index (χ4v) is 4.99. The van der Waals surface area contributed by atoms with Gasteiger partial charge in [0.05, 0.1) is 19.1 Å². The number of nitrogens with one attached hydrogen (secondary N) is 1. The maximum absolute atomic E-state index is 13.9. The molecule has 0 saturated carbocycles. The Morgan fingerprint density at radius 1 is 0.973 bits per heavy atom. The third-order valence-electron chi connectivity index (χ3n) is 5.80. The van der Waals surface area contributed by atoms with E-state index in [0.29, 0.717) is 11.4 Å². The molecule has 0 fully saturated rings. The van der Waals surface area contributed by atoms with E-state index < -0.39 is 28.5 Å². The molecule has 0 aromatic heterocycles. The van der Waals surface area contributed by atoms with Gasteiger partial charge in [0.25, 0.3) is 0 Å². The number of rotatable bonds is 11. The molecular weight excluding hydrogens is 558 g/mol. The van der Waals surface area contributed by atoms with Gasteiger partial charge in [-0.3, -0.25) is 13.9 Å². The predicted molar refractivity (Wildman–Crippen MR) is 148 cm³/mol. The van der Waals surface area contributed by atoms with Gasteiger partial charge in [-0.25, -0.2) is 8.42 Å². The predicted octanol–water partition coefficient (Wildman–Crippen LogP) is 3.61. The number of methoxy groups -OCH3 is 1. The second-order valence-electron chi connectivity index (χ2n) is 8.44. The quantitative estimate of drug-likeness (QED) is 0.370. The van der Waals surface area contributed by atoms with E-state index >= 15 is 0 Å². The highest BCUT2D eigenvalue weighted by molar-refractivity contribution is 9.10. The summed E-state index contributed by atoms with van der Waals surface area (Å²) in [6.07, 6.45) is 1.31. The summed E-state index contributed by atoms with van der Waals surface area (Å²) in [4.78, 5) is 28.4. The first-order chi connectivity index (χ1) is 17.6. The van der Waals surface area contributed by atoms with Crippen molar-refractivity contribution in [1.29, 1.82) is 0 Å². The van der Waals surface area contributed by atoms with E-state index in [1.54, 1.807) is 24.3 Å². The van der Waals surface area contributed by atoms with E-state index in [0.717, 1.165) is 26.2 Å². The van der Waals surface area contributed by atoms with E-state index in [9.17, 15) is 18.0 Å². The fourth-order valence-electron chi connectivity index (χ4n) is 3.89. The summed E-state index contributed by atoms with van der Waals surface area (Å²) >= 11 is 3.41. The van der Waals surface area contributed by atoms with Gasteiger partial charge in [-0.05, 0) is 35.4 Å². The molecule has 1 atom stereocenters. The molecule has 3 rings (SSSR count). The highest BCUT2D eigenvalue weighted by Crippen LogP contribution is 2.24. The van der Waals surface area contributed by atoms with Gasteiger partial charge in [0, 0.05) is 30.6 Å². The van der Waals surface area contributed by atoms with Gasteiger partial charge < -0.3 is 15.0 Å². The summed E-state index contributed by atoms with van der Waals surface area (Å²) < 4.78 is 32.7. The first-order valence-electron chi connectivity index (χ1n) is 11.5. The lowest BCUT2D eigenvalue weighted by atomic mass is 10.0. The van der Waals surface area contributed by atoms with Crippen LogP contribution in [0, 0.1) is 0 Å². The Balaban J connectivity index is 2.02. The third-order valence-corrected chi connectivity index (χ3v) is 7.47. The van der Waals surface area contributed by atoms with Crippen molar-refractivity contribution in [3.05, 3.63) is 94.5 Å². The van der Waals surface area contributed by atoms with Gasteiger partial charge >= 0.3 is 0 Å². The molecule has 0 aliphatic rings. The van der Waals surface area contributed by atoms with E-state index in [1.165, 1.54) is 19.1 Å². The minimum atomic E-state index is -3.84. The Labute approximate surface area is 226 Å². The van der Waals surface area contributed by atoms with Gasteiger partial charge in [-0.2, -0.15) is 0 Å². The van der Waals surface area contributed by atoms with Crippen molar-refractivity contribution in [3.8, 4) is 5.75 Å². The van der Waals surface area contributed by atoms with Gasteiger partial charge in [-0.1, -0.05) is 64.5 Å². The lowest BCUT2D eigenvalue weighted by molar-refractivity contribution is -0.139. The first kappa shape index (κ1) is 28.2. The SMILES string of the molecule is CNC(=O)[C@H](Cc1ccccc1)N(Cc1ccc(Br)cc1)C(=O)CN(c1cccc(OC)c1)S(C)(=O)=O. The second kappa shape index (κ2) is 12.7. The average Bonchev–Trinajstić information content (AvgIpc) is 2.89. The number of likely N-dealkylation sites (N-methyl/N-ethyl adjacent to an activating group) is 1.